The fourth-order valence-electron chi connectivity index (χ4n) is 6.76. The summed E-state index contributed by atoms with van der Waals surface area (Å²) < 4.78 is 10.6. The lowest BCUT2D eigenvalue weighted by Crippen LogP contribution is -2.28. The van der Waals surface area contributed by atoms with Crippen molar-refractivity contribution in [3.05, 3.63) is 24.3 Å². The molecule has 5 heteroatoms. The van der Waals surface area contributed by atoms with E-state index in [9.17, 15) is 14.7 Å². The minimum Gasteiger partial charge on any atom is -0.462 e. The van der Waals surface area contributed by atoms with Gasteiger partial charge in [0.15, 0.2) is 6.10 Å². The minimum atomic E-state index is -0.770. The molecule has 0 heterocycles. The molecule has 0 spiro atoms. The average molecular weight is 733 g/mol. The van der Waals surface area contributed by atoms with Gasteiger partial charge in [0.25, 0.3) is 0 Å². The van der Waals surface area contributed by atoms with Gasteiger partial charge in [-0.05, 0) is 44.9 Å². The van der Waals surface area contributed by atoms with E-state index in [1.165, 1.54) is 173 Å². The molecule has 0 saturated carbocycles. The van der Waals surface area contributed by atoms with Crippen LogP contribution in [0.3, 0.4) is 0 Å². The monoisotopic (exact) mass is 733 g/mol. The Kier molecular flexibility index (Phi) is 42.4. The van der Waals surface area contributed by atoms with Crippen LogP contribution in [-0.4, -0.2) is 36.4 Å². The lowest BCUT2D eigenvalue weighted by Gasteiger charge is -2.15. The van der Waals surface area contributed by atoms with Gasteiger partial charge in [0.2, 0.25) is 0 Å². The van der Waals surface area contributed by atoms with Crippen LogP contribution in [0.2, 0.25) is 0 Å². The number of aliphatic hydroxyl groups is 1. The summed E-state index contributed by atoms with van der Waals surface area (Å²) in [5.74, 6) is -0.587. The molecule has 0 fully saturated rings. The van der Waals surface area contributed by atoms with Crippen LogP contribution in [0.5, 0.6) is 0 Å². The van der Waals surface area contributed by atoms with Crippen molar-refractivity contribution in [1.29, 1.82) is 0 Å². The fourth-order valence-corrected chi connectivity index (χ4v) is 6.76. The third-order valence-corrected chi connectivity index (χ3v) is 10.2. The highest BCUT2D eigenvalue weighted by atomic mass is 16.6. The number of carbonyl (C=O) groups is 2. The van der Waals surface area contributed by atoms with Crippen LogP contribution in [0.15, 0.2) is 24.3 Å². The van der Waals surface area contributed by atoms with Gasteiger partial charge in [0.1, 0.15) is 6.61 Å². The summed E-state index contributed by atoms with van der Waals surface area (Å²) >= 11 is 0. The van der Waals surface area contributed by atoms with Gasteiger partial charge in [-0.15, -0.1) is 0 Å². The lowest BCUT2D eigenvalue weighted by atomic mass is 10.0. The maximum atomic E-state index is 12.2. The number of hydrogen-bond acceptors (Lipinski definition) is 5. The predicted octanol–water partition coefficient (Wildman–Crippen LogP) is 14.6. The molecule has 0 aliphatic heterocycles. The van der Waals surface area contributed by atoms with E-state index in [-0.39, 0.29) is 25.2 Å². The van der Waals surface area contributed by atoms with Crippen molar-refractivity contribution in [3.63, 3.8) is 0 Å². The van der Waals surface area contributed by atoms with Crippen LogP contribution in [0.4, 0.5) is 0 Å². The van der Waals surface area contributed by atoms with E-state index in [1.807, 2.05) is 0 Å². The molecule has 0 aliphatic rings. The SMILES string of the molecule is CCCCCC=CCC=CCCCCCCCCCC(=O)OC[C@H](CO)OC(=O)CCCCCCCCCCCCCCCCCCCCCCC. The molecule has 0 saturated heterocycles. The highest BCUT2D eigenvalue weighted by Gasteiger charge is 2.16. The molecule has 0 aromatic heterocycles. The van der Waals surface area contributed by atoms with E-state index in [4.69, 9.17) is 9.47 Å². The Morgan fingerprint density at radius 2 is 0.769 bits per heavy atom. The van der Waals surface area contributed by atoms with Crippen LogP contribution in [0, 0.1) is 0 Å². The molecule has 0 bridgehead atoms. The zero-order chi connectivity index (χ0) is 37.8. The molecule has 5 nitrogen and oxygen atoms in total. The van der Waals surface area contributed by atoms with Crippen molar-refractivity contribution in [2.24, 2.45) is 0 Å². The van der Waals surface area contributed by atoms with Crippen molar-refractivity contribution < 1.29 is 24.2 Å². The van der Waals surface area contributed by atoms with E-state index < -0.39 is 6.10 Å². The van der Waals surface area contributed by atoms with Crippen molar-refractivity contribution >= 4 is 11.9 Å². The molecule has 306 valence electrons. The summed E-state index contributed by atoms with van der Waals surface area (Å²) in [5.41, 5.74) is 0. The molecule has 1 atom stereocenters. The maximum Gasteiger partial charge on any atom is 0.306 e. The van der Waals surface area contributed by atoms with Crippen LogP contribution >= 0.6 is 0 Å². The van der Waals surface area contributed by atoms with E-state index in [1.54, 1.807) is 0 Å². The third kappa shape index (κ3) is 41.1. The quantitative estimate of drug-likeness (QED) is 0.0384. The molecule has 0 aromatic rings. The van der Waals surface area contributed by atoms with Gasteiger partial charge >= 0.3 is 11.9 Å². The highest BCUT2D eigenvalue weighted by Crippen LogP contribution is 2.16. The second-order valence-electron chi connectivity index (χ2n) is 15.5. The number of rotatable bonds is 42. The standard InChI is InChI=1S/C47H88O5/c1-3-5-7-9-11-13-15-17-19-21-22-23-24-26-28-30-32-34-36-38-40-42-47(50)52-45(43-48)44-51-46(49)41-39-37-35-33-31-29-27-25-20-18-16-14-12-10-8-6-4-2/h12,14,18,20,45,48H,3-11,13,15-17,19,21-44H2,1-2H3/t45-/m0/s1. The Hall–Kier alpha value is -1.62. The molecule has 0 rings (SSSR count). The first-order valence-corrected chi connectivity index (χ1v) is 22.9. The van der Waals surface area contributed by atoms with Gasteiger partial charge in [0.05, 0.1) is 6.61 Å². The van der Waals surface area contributed by atoms with E-state index in [2.05, 4.69) is 38.2 Å². The molecule has 52 heavy (non-hydrogen) atoms. The Bertz CT molecular complexity index is 791. The Labute approximate surface area is 323 Å². The average Bonchev–Trinajstić information content (AvgIpc) is 3.15. The second-order valence-corrected chi connectivity index (χ2v) is 15.5. The normalized spacial score (nSPS) is 12.3. The maximum absolute atomic E-state index is 12.2. The second kappa shape index (κ2) is 43.8. The van der Waals surface area contributed by atoms with Crippen LogP contribution in [-0.2, 0) is 19.1 Å². The van der Waals surface area contributed by atoms with Crippen LogP contribution < -0.4 is 0 Å². The topological polar surface area (TPSA) is 72.8 Å². The van der Waals surface area contributed by atoms with Gasteiger partial charge in [0, 0.05) is 12.8 Å². The van der Waals surface area contributed by atoms with Crippen molar-refractivity contribution in [1.82, 2.24) is 0 Å². The fraction of sp³-hybridized carbons (Fsp3) is 0.872. The first-order chi connectivity index (χ1) is 25.6. The Morgan fingerprint density at radius 3 is 1.17 bits per heavy atom. The number of hydrogen-bond donors (Lipinski definition) is 1. The van der Waals surface area contributed by atoms with Gasteiger partial charge < -0.3 is 14.6 Å². The van der Waals surface area contributed by atoms with Gasteiger partial charge in [-0.25, -0.2) is 0 Å². The van der Waals surface area contributed by atoms with Gasteiger partial charge in [-0.3, -0.25) is 9.59 Å². The number of aliphatic hydroxyl groups excluding tert-OH is 1. The molecule has 0 aromatic carbocycles. The largest absolute Gasteiger partial charge is 0.462 e. The summed E-state index contributed by atoms with van der Waals surface area (Å²) in [6.07, 6.45) is 52.5. The van der Waals surface area contributed by atoms with Crippen LogP contribution in [0.25, 0.3) is 0 Å². The predicted molar refractivity (Wildman–Crippen MR) is 224 cm³/mol. The van der Waals surface area contributed by atoms with E-state index in [0.717, 1.165) is 44.9 Å². The van der Waals surface area contributed by atoms with Crippen LogP contribution in [0.1, 0.15) is 245 Å². The molecule has 0 aliphatic carbocycles. The van der Waals surface area contributed by atoms with Crippen molar-refractivity contribution in [3.8, 4) is 0 Å². The molecule has 1 N–H and O–H groups in total. The third-order valence-electron chi connectivity index (χ3n) is 10.2. The first kappa shape index (κ1) is 50.4. The van der Waals surface area contributed by atoms with E-state index in [0.29, 0.717) is 12.8 Å². The number of ether oxygens (including phenoxy) is 2. The molecule has 0 radical (unpaired) electrons. The zero-order valence-electron chi connectivity index (χ0n) is 34.8. The Morgan fingerprint density at radius 1 is 0.442 bits per heavy atom. The van der Waals surface area contributed by atoms with E-state index >= 15 is 0 Å². The smallest absolute Gasteiger partial charge is 0.306 e. The molecule has 0 amide bonds. The number of esters is 2. The molecule has 0 unspecified atom stereocenters. The minimum absolute atomic E-state index is 0.0654. The summed E-state index contributed by atoms with van der Waals surface area (Å²) in [7, 11) is 0. The number of allylic oxidation sites excluding steroid dienone is 4. The summed E-state index contributed by atoms with van der Waals surface area (Å²) in [6.45, 7) is 4.14. The summed E-state index contributed by atoms with van der Waals surface area (Å²) in [6, 6.07) is 0. The first-order valence-electron chi connectivity index (χ1n) is 22.9. The van der Waals surface area contributed by atoms with Crippen molar-refractivity contribution in [2.45, 2.75) is 251 Å². The van der Waals surface area contributed by atoms with Crippen molar-refractivity contribution in [2.75, 3.05) is 13.2 Å². The summed E-state index contributed by atoms with van der Waals surface area (Å²) in [5, 5.41) is 9.59. The summed E-state index contributed by atoms with van der Waals surface area (Å²) in [4.78, 5) is 24.4. The lowest BCUT2D eigenvalue weighted by molar-refractivity contribution is -0.161. The number of unbranched alkanes of at least 4 members (excludes halogenated alkanes) is 30. The zero-order valence-corrected chi connectivity index (χ0v) is 34.8. The number of carbonyl (C=O) groups excluding carboxylic acids is 2. The van der Waals surface area contributed by atoms with Gasteiger partial charge in [-0.1, -0.05) is 212 Å². The molecular weight excluding hydrogens is 645 g/mol. The molecular formula is C47H88O5. The highest BCUT2D eigenvalue weighted by molar-refractivity contribution is 5.70. The van der Waals surface area contributed by atoms with Gasteiger partial charge in [-0.2, -0.15) is 0 Å². The Balaban J connectivity index is 3.49.